The largest absolute Gasteiger partial charge is 0.508 e. The molecule has 0 spiro atoms. The van der Waals surface area contributed by atoms with Gasteiger partial charge in [0.2, 0.25) is 0 Å². The number of hydrogen-bond donors (Lipinski definition) is 4. The number of thiophene rings is 1. The van der Waals surface area contributed by atoms with Crippen LogP contribution in [0.2, 0.25) is 0 Å². The van der Waals surface area contributed by atoms with Gasteiger partial charge < -0.3 is 25.4 Å². The molecule has 1 aliphatic heterocycles. The van der Waals surface area contributed by atoms with Gasteiger partial charge in [0, 0.05) is 38.6 Å². The average molecular weight is 490 g/mol. The van der Waals surface area contributed by atoms with E-state index in [-0.39, 0.29) is 29.3 Å². The number of ether oxygens (including phenoxy) is 1. The Bertz CT molecular complexity index is 1340. The van der Waals surface area contributed by atoms with E-state index < -0.39 is 6.10 Å². The van der Waals surface area contributed by atoms with Crippen molar-refractivity contribution in [3.63, 3.8) is 0 Å². The summed E-state index contributed by atoms with van der Waals surface area (Å²) in [5.74, 6) is 1.00. The Kier molecular flexibility index (Phi) is 6.47. The van der Waals surface area contributed by atoms with Gasteiger partial charge in [-0.05, 0) is 92.2 Å². The van der Waals surface area contributed by atoms with Crippen molar-refractivity contribution in [3.05, 3.63) is 77.9 Å². The van der Waals surface area contributed by atoms with Gasteiger partial charge in [-0.1, -0.05) is 0 Å². The zero-order chi connectivity index (χ0) is 24.5. The van der Waals surface area contributed by atoms with Crippen LogP contribution in [0, 0.1) is 5.92 Å². The van der Waals surface area contributed by atoms with E-state index >= 15 is 0 Å². The molecular weight excluding hydrogens is 462 g/mol. The molecule has 0 saturated carbocycles. The first-order chi connectivity index (χ1) is 16.9. The fourth-order valence-corrected chi connectivity index (χ4v) is 5.90. The Morgan fingerprint density at radius 1 is 1.03 bits per heavy atom. The summed E-state index contributed by atoms with van der Waals surface area (Å²) in [6.07, 6.45) is 0.0243. The van der Waals surface area contributed by atoms with Crippen LogP contribution in [0.1, 0.15) is 29.3 Å². The molecule has 0 radical (unpaired) electrons. The highest BCUT2D eigenvalue weighted by Crippen LogP contribution is 2.41. The number of carbonyl (C=O) groups excluding carboxylic acids is 1. The Morgan fingerprint density at radius 2 is 1.74 bits per heavy atom. The number of aliphatic hydroxyl groups excluding tert-OH is 1. The second-order valence-electron chi connectivity index (χ2n) is 8.96. The van der Waals surface area contributed by atoms with Crippen LogP contribution in [-0.4, -0.2) is 46.4 Å². The van der Waals surface area contributed by atoms with Crippen molar-refractivity contribution in [2.24, 2.45) is 5.92 Å². The Labute approximate surface area is 207 Å². The quantitative estimate of drug-likeness (QED) is 0.274. The number of aliphatic hydroxyl groups is 1. The molecule has 4 aromatic rings. The molecule has 35 heavy (non-hydrogen) atoms. The molecule has 0 amide bonds. The van der Waals surface area contributed by atoms with Crippen LogP contribution in [0.4, 0.5) is 0 Å². The topological polar surface area (TPSA) is 99.0 Å². The molecule has 1 fully saturated rings. The van der Waals surface area contributed by atoms with Crippen LogP contribution in [0.3, 0.4) is 0 Å². The minimum absolute atomic E-state index is 0.136. The van der Waals surface area contributed by atoms with E-state index in [1.807, 2.05) is 0 Å². The monoisotopic (exact) mass is 489 g/mol. The summed E-state index contributed by atoms with van der Waals surface area (Å²) in [5.41, 5.74) is 1.89. The van der Waals surface area contributed by atoms with Crippen LogP contribution in [-0.2, 0) is 0 Å². The van der Waals surface area contributed by atoms with Crippen molar-refractivity contribution in [1.29, 1.82) is 0 Å². The second-order valence-corrected chi connectivity index (χ2v) is 10.0. The molecule has 3 aromatic carbocycles. The summed E-state index contributed by atoms with van der Waals surface area (Å²) in [5, 5.41) is 34.0. The number of fused-ring (bicyclic) bond motifs is 1. The van der Waals surface area contributed by atoms with Crippen molar-refractivity contribution in [2.75, 3.05) is 13.1 Å². The maximum absolute atomic E-state index is 13.7. The number of phenolic OH excluding ortho intramolecular Hbond substituents is 2. The number of phenols is 2. The first-order valence-corrected chi connectivity index (χ1v) is 12.5. The van der Waals surface area contributed by atoms with Gasteiger partial charge >= 0.3 is 0 Å². The van der Waals surface area contributed by atoms with E-state index in [4.69, 9.17) is 4.74 Å². The normalized spacial score (nSPS) is 17.4. The standard InChI is InChI=1S/C28H27NO5S/c1-16(30)27(19-12-13-29-15-19)34-22-9-4-17(5-10-22)26(33)25-23-11-8-21(32)14-24(23)35-28(25)18-2-6-20(31)7-3-18/h2-11,14,16,19,27,29-32H,12-13,15H2,1H3. The lowest BCUT2D eigenvalue weighted by atomic mass is 9.97. The average Bonchev–Trinajstić information content (AvgIpc) is 3.51. The third-order valence-electron chi connectivity index (χ3n) is 6.46. The van der Waals surface area contributed by atoms with E-state index in [1.54, 1.807) is 73.7 Å². The summed E-state index contributed by atoms with van der Waals surface area (Å²) >= 11 is 1.43. The molecule has 1 saturated heterocycles. The number of carbonyl (C=O) groups is 1. The number of ketones is 1. The Balaban J connectivity index is 1.48. The minimum atomic E-state index is -0.609. The molecule has 0 aliphatic carbocycles. The Morgan fingerprint density at radius 3 is 2.40 bits per heavy atom. The lowest BCUT2D eigenvalue weighted by Crippen LogP contribution is -2.38. The summed E-state index contributed by atoms with van der Waals surface area (Å²) in [6, 6.07) is 18.8. The van der Waals surface area contributed by atoms with Gasteiger partial charge in [-0.15, -0.1) is 11.3 Å². The van der Waals surface area contributed by atoms with Gasteiger partial charge in [0.1, 0.15) is 23.4 Å². The first kappa shape index (κ1) is 23.4. The molecule has 1 aromatic heterocycles. The molecule has 2 heterocycles. The summed E-state index contributed by atoms with van der Waals surface area (Å²) in [4.78, 5) is 14.5. The number of hydrogen-bond acceptors (Lipinski definition) is 7. The molecule has 180 valence electrons. The van der Waals surface area contributed by atoms with E-state index in [0.29, 0.717) is 16.9 Å². The molecule has 4 N–H and O–H groups in total. The number of aromatic hydroxyl groups is 2. The van der Waals surface area contributed by atoms with E-state index in [1.165, 1.54) is 11.3 Å². The number of rotatable bonds is 7. The predicted octanol–water partition coefficient (Wildman–Crippen LogP) is 4.95. The van der Waals surface area contributed by atoms with Crippen molar-refractivity contribution in [3.8, 4) is 27.7 Å². The summed E-state index contributed by atoms with van der Waals surface area (Å²) < 4.78 is 6.93. The van der Waals surface area contributed by atoms with Crippen molar-refractivity contribution in [2.45, 2.75) is 25.6 Å². The zero-order valence-electron chi connectivity index (χ0n) is 19.3. The fourth-order valence-electron chi connectivity index (χ4n) is 4.66. The van der Waals surface area contributed by atoms with E-state index in [2.05, 4.69) is 5.32 Å². The lowest BCUT2D eigenvalue weighted by Gasteiger charge is -2.26. The molecule has 0 bridgehead atoms. The van der Waals surface area contributed by atoms with Gasteiger partial charge in [-0.25, -0.2) is 0 Å². The maximum Gasteiger partial charge on any atom is 0.195 e. The second kappa shape index (κ2) is 9.70. The summed E-state index contributed by atoms with van der Waals surface area (Å²) in [6.45, 7) is 3.47. The molecule has 6 nitrogen and oxygen atoms in total. The van der Waals surface area contributed by atoms with Crippen molar-refractivity contribution in [1.82, 2.24) is 5.32 Å². The van der Waals surface area contributed by atoms with Crippen molar-refractivity contribution >= 4 is 27.2 Å². The van der Waals surface area contributed by atoms with E-state index in [0.717, 1.165) is 40.0 Å². The number of benzene rings is 3. The van der Waals surface area contributed by atoms with Crippen LogP contribution in [0.15, 0.2) is 66.7 Å². The van der Waals surface area contributed by atoms with Crippen LogP contribution >= 0.6 is 11.3 Å². The minimum Gasteiger partial charge on any atom is -0.508 e. The third-order valence-corrected chi connectivity index (χ3v) is 7.66. The van der Waals surface area contributed by atoms with Gasteiger partial charge in [0.05, 0.1) is 6.10 Å². The molecule has 1 aliphatic rings. The Hall–Kier alpha value is -3.39. The maximum atomic E-state index is 13.7. The van der Waals surface area contributed by atoms with Crippen molar-refractivity contribution < 1.29 is 24.9 Å². The molecule has 3 atom stereocenters. The summed E-state index contributed by atoms with van der Waals surface area (Å²) in [7, 11) is 0. The van der Waals surface area contributed by atoms with Crippen LogP contribution in [0.25, 0.3) is 20.5 Å². The third kappa shape index (κ3) is 4.75. The fraction of sp³-hybridized carbons (Fsp3) is 0.250. The highest BCUT2D eigenvalue weighted by atomic mass is 32.1. The highest BCUT2D eigenvalue weighted by molar-refractivity contribution is 7.22. The SMILES string of the molecule is CC(O)C(Oc1ccc(C(=O)c2c(-c3ccc(O)cc3)sc3cc(O)ccc23)cc1)C1CCNC1. The van der Waals surface area contributed by atoms with E-state index in [9.17, 15) is 20.1 Å². The van der Waals surface area contributed by atoms with Crippen LogP contribution < -0.4 is 10.1 Å². The molecule has 5 rings (SSSR count). The molecule has 3 unspecified atom stereocenters. The van der Waals surface area contributed by atoms with Gasteiger partial charge in [0.25, 0.3) is 0 Å². The van der Waals surface area contributed by atoms with Gasteiger partial charge in [0.15, 0.2) is 5.78 Å². The highest BCUT2D eigenvalue weighted by Gasteiger charge is 2.30. The number of nitrogens with one attached hydrogen (secondary N) is 1. The zero-order valence-corrected chi connectivity index (χ0v) is 20.1. The predicted molar refractivity (Wildman–Crippen MR) is 138 cm³/mol. The first-order valence-electron chi connectivity index (χ1n) is 11.7. The smallest absolute Gasteiger partial charge is 0.195 e. The van der Waals surface area contributed by atoms with Gasteiger partial charge in [-0.3, -0.25) is 4.79 Å². The molecule has 7 heteroatoms. The van der Waals surface area contributed by atoms with Crippen LogP contribution in [0.5, 0.6) is 17.2 Å². The molecular formula is C28H27NO5S. The van der Waals surface area contributed by atoms with Gasteiger partial charge in [-0.2, -0.15) is 0 Å². The lowest BCUT2D eigenvalue weighted by molar-refractivity contribution is 0.0159.